The zero-order chi connectivity index (χ0) is 24.4. The van der Waals surface area contributed by atoms with Crippen molar-refractivity contribution < 1.29 is 28.6 Å². The molecule has 1 aromatic heterocycles. The smallest absolute Gasteiger partial charge is 0.407 e. The number of rotatable bonds is 6. The van der Waals surface area contributed by atoms with Gasteiger partial charge in [0.25, 0.3) is 5.91 Å². The second-order valence-corrected chi connectivity index (χ2v) is 8.87. The quantitative estimate of drug-likeness (QED) is 0.553. The average molecular weight is 475 g/mol. The molecule has 1 fully saturated rings. The summed E-state index contributed by atoms with van der Waals surface area (Å²) in [5, 5.41) is 11.9. The summed E-state index contributed by atoms with van der Waals surface area (Å²) in [6, 6.07) is 19.4. The Labute approximate surface area is 202 Å². The molecule has 0 saturated carbocycles. The van der Waals surface area contributed by atoms with E-state index >= 15 is 0 Å². The first-order valence-electron chi connectivity index (χ1n) is 11.7. The molecule has 0 bridgehead atoms. The van der Waals surface area contributed by atoms with Crippen molar-refractivity contribution >= 4 is 18.0 Å². The van der Waals surface area contributed by atoms with Crippen LogP contribution in [0, 0.1) is 5.92 Å². The number of carboxylic acid groups (broad SMARTS) is 1. The van der Waals surface area contributed by atoms with Crippen LogP contribution in [0.25, 0.3) is 11.1 Å². The van der Waals surface area contributed by atoms with Crippen LogP contribution < -0.4 is 5.32 Å². The lowest BCUT2D eigenvalue weighted by Gasteiger charge is -2.29. The molecule has 8 nitrogen and oxygen atoms in total. The highest BCUT2D eigenvalue weighted by atomic mass is 16.5. The maximum Gasteiger partial charge on any atom is 0.407 e. The predicted molar refractivity (Wildman–Crippen MR) is 127 cm³/mol. The molecule has 2 aliphatic rings. The van der Waals surface area contributed by atoms with Crippen molar-refractivity contribution in [2.45, 2.75) is 25.3 Å². The second kappa shape index (κ2) is 9.66. The molecular formula is C27H26N2O6. The van der Waals surface area contributed by atoms with Crippen LogP contribution in [0.4, 0.5) is 4.79 Å². The number of amides is 2. The Morgan fingerprint density at radius 3 is 2.37 bits per heavy atom. The summed E-state index contributed by atoms with van der Waals surface area (Å²) in [5.41, 5.74) is 4.60. The van der Waals surface area contributed by atoms with E-state index in [1.807, 2.05) is 24.3 Å². The van der Waals surface area contributed by atoms with Crippen LogP contribution >= 0.6 is 0 Å². The fourth-order valence-electron chi connectivity index (χ4n) is 4.92. The van der Waals surface area contributed by atoms with Gasteiger partial charge in [0, 0.05) is 19.0 Å². The molecular weight excluding hydrogens is 448 g/mol. The van der Waals surface area contributed by atoms with Gasteiger partial charge in [0.2, 0.25) is 0 Å². The molecule has 1 saturated heterocycles. The number of ether oxygens (including phenoxy) is 1. The number of alkyl carbamates (subject to hydrolysis) is 1. The van der Waals surface area contributed by atoms with Crippen LogP contribution in [0.1, 0.15) is 46.2 Å². The van der Waals surface area contributed by atoms with Crippen LogP contribution in [0.15, 0.2) is 65.1 Å². The largest absolute Gasteiger partial charge is 0.481 e. The van der Waals surface area contributed by atoms with E-state index in [2.05, 4.69) is 29.6 Å². The first-order chi connectivity index (χ1) is 17.0. The Kier molecular flexibility index (Phi) is 6.27. The fraction of sp³-hybridized carbons (Fsp3) is 0.296. The highest BCUT2D eigenvalue weighted by Gasteiger charge is 2.30. The maximum atomic E-state index is 12.7. The van der Waals surface area contributed by atoms with Gasteiger partial charge in [0.15, 0.2) is 5.76 Å². The first kappa shape index (κ1) is 22.7. The molecule has 2 amide bonds. The van der Waals surface area contributed by atoms with Crippen molar-refractivity contribution in [3.63, 3.8) is 0 Å². The number of nitrogens with zero attached hydrogens (tertiary/aromatic N) is 1. The van der Waals surface area contributed by atoms with E-state index in [-0.39, 0.29) is 37.3 Å². The molecule has 5 rings (SSSR count). The first-order valence-corrected chi connectivity index (χ1v) is 11.7. The van der Waals surface area contributed by atoms with Gasteiger partial charge in [-0.05, 0) is 47.2 Å². The molecule has 1 atom stereocenters. The average Bonchev–Trinajstić information content (AvgIpc) is 3.49. The van der Waals surface area contributed by atoms with Gasteiger partial charge in [-0.25, -0.2) is 4.79 Å². The Morgan fingerprint density at radius 1 is 1.00 bits per heavy atom. The van der Waals surface area contributed by atoms with Crippen molar-refractivity contribution in [3.05, 3.63) is 83.3 Å². The standard InChI is InChI=1S/C27H26N2O6/c30-25(29-13-5-6-17(15-29)26(31)32)24-12-11-18(35-24)14-28-27(33)34-16-23-21-9-3-1-7-19(21)20-8-2-4-10-22(20)23/h1-4,7-12,17,23H,5-6,13-16H2,(H,28,33)(H,31,32)/t17-/m0/s1. The summed E-state index contributed by atoms with van der Waals surface area (Å²) in [7, 11) is 0. The Hall–Kier alpha value is -4.07. The summed E-state index contributed by atoms with van der Waals surface area (Å²) in [6.07, 6.45) is 0.628. The van der Waals surface area contributed by atoms with Crippen LogP contribution in [0.5, 0.6) is 0 Å². The van der Waals surface area contributed by atoms with E-state index in [1.54, 1.807) is 12.1 Å². The summed E-state index contributed by atoms with van der Waals surface area (Å²) in [5.74, 6) is -1.29. The third-order valence-electron chi connectivity index (χ3n) is 6.68. The molecule has 1 aliphatic heterocycles. The predicted octanol–water partition coefficient (Wildman–Crippen LogP) is 4.26. The lowest BCUT2D eigenvalue weighted by Crippen LogP contribution is -2.42. The van der Waals surface area contributed by atoms with E-state index in [9.17, 15) is 19.5 Å². The van der Waals surface area contributed by atoms with Crippen molar-refractivity contribution in [2.24, 2.45) is 5.92 Å². The van der Waals surface area contributed by atoms with E-state index < -0.39 is 18.0 Å². The number of hydrogen-bond acceptors (Lipinski definition) is 5. The van der Waals surface area contributed by atoms with E-state index in [0.717, 1.165) is 22.3 Å². The molecule has 1 aliphatic carbocycles. The van der Waals surface area contributed by atoms with Gasteiger partial charge in [-0.1, -0.05) is 48.5 Å². The third kappa shape index (κ3) is 4.64. The van der Waals surface area contributed by atoms with E-state index in [4.69, 9.17) is 9.15 Å². The topological polar surface area (TPSA) is 109 Å². The van der Waals surface area contributed by atoms with Crippen molar-refractivity contribution in [1.29, 1.82) is 0 Å². The van der Waals surface area contributed by atoms with Crippen LogP contribution in [-0.2, 0) is 16.1 Å². The van der Waals surface area contributed by atoms with Crippen LogP contribution in [0.2, 0.25) is 0 Å². The van der Waals surface area contributed by atoms with Gasteiger partial charge in [0.05, 0.1) is 12.5 Å². The number of nitrogens with one attached hydrogen (secondary N) is 1. The molecule has 0 spiro atoms. The minimum absolute atomic E-state index is 0.0276. The van der Waals surface area contributed by atoms with Gasteiger partial charge >= 0.3 is 12.1 Å². The fourth-order valence-corrected chi connectivity index (χ4v) is 4.92. The van der Waals surface area contributed by atoms with Crippen LogP contribution in [0.3, 0.4) is 0 Å². The molecule has 0 unspecified atom stereocenters. The third-order valence-corrected chi connectivity index (χ3v) is 6.68. The van der Waals surface area contributed by atoms with Crippen molar-refractivity contribution in [1.82, 2.24) is 10.2 Å². The van der Waals surface area contributed by atoms with Gasteiger partial charge in [-0.2, -0.15) is 0 Å². The lowest BCUT2D eigenvalue weighted by molar-refractivity contribution is -0.143. The maximum absolute atomic E-state index is 12.7. The minimum Gasteiger partial charge on any atom is -0.481 e. The Balaban J connectivity index is 1.15. The summed E-state index contributed by atoms with van der Waals surface area (Å²) < 4.78 is 11.1. The zero-order valence-corrected chi connectivity index (χ0v) is 19.1. The highest BCUT2D eigenvalue weighted by Crippen LogP contribution is 2.44. The number of carbonyl (C=O) groups is 3. The number of carbonyl (C=O) groups excluding carboxylic acids is 2. The molecule has 2 heterocycles. The minimum atomic E-state index is -0.894. The number of fused-ring (bicyclic) bond motifs is 3. The summed E-state index contributed by atoms with van der Waals surface area (Å²) in [6.45, 7) is 0.946. The summed E-state index contributed by atoms with van der Waals surface area (Å²) in [4.78, 5) is 37.8. The monoisotopic (exact) mass is 474 g/mol. The molecule has 180 valence electrons. The number of benzene rings is 2. The van der Waals surface area contributed by atoms with Gasteiger partial charge in [-0.15, -0.1) is 0 Å². The van der Waals surface area contributed by atoms with Gasteiger partial charge < -0.3 is 24.5 Å². The van der Waals surface area contributed by atoms with Crippen LogP contribution in [-0.4, -0.2) is 47.7 Å². The number of furan rings is 1. The highest BCUT2D eigenvalue weighted by molar-refractivity contribution is 5.92. The number of hydrogen-bond donors (Lipinski definition) is 2. The molecule has 2 N–H and O–H groups in total. The zero-order valence-electron chi connectivity index (χ0n) is 19.1. The summed E-state index contributed by atoms with van der Waals surface area (Å²) >= 11 is 0. The van der Waals surface area contributed by atoms with Gasteiger partial charge in [-0.3, -0.25) is 9.59 Å². The number of piperidine rings is 1. The molecule has 3 aromatic rings. The molecule has 35 heavy (non-hydrogen) atoms. The number of likely N-dealkylation sites (tertiary alicyclic amines) is 1. The molecule has 8 heteroatoms. The Morgan fingerprint density at radius 2 is 1.69 bits per heavy atom. The van der Waals surface area contributed by atoms with Gasteiger partial charge in [0.1, 0.15) is 12.4 Å². The van der Waals surface area contributed by atoms with Crippen molar-refractivity contribution in [2.75, 3.05) is 19.7 Å². The second-order valence-electron chi connectivity index (χ2n) is 8.87. The molecule has 0 radical (unpaired) electrons. The lowest BCUT2D eigenvalue weighted by atomic mass is 9.98. The normalized spacial score (nSPS) is 16.9. The van der Waals surface area contributed by atoms with E-state index in [0.29, 0.717) is 25.1 Å². The molecule has 2 aromatic carbocycles. The Bertz CT molecular complexity index is 1220. The SMILES string of the molecule is O=C(NCc1ccc(C(=O)N2CCC[C@H](C(=O)O)C2)o1)OCC1c2ccccc2-c2ccccc21. The number of carboxylic acids is 1. The van der Waals surface area contributed by atoms with Crippen molar-refractivity contribution in [3.8, 4) is 11.1 Å². The number of aliphatic carboxylic acids is 1. The van der Waals surface area contributed by atoms with E-state index in [1.165, 1.54) is 4.90 Å².